The normalized spacial score (nSPS) is 26.1. The molecule has 0 saturated carbocycles. The summed E-state index contributed by atoms with van der Waals surface area (Å²) in [7, 11) is 0. The van der Waals surface area contributed by atoms with E-state index in [9.17, 15) is 31.1 Å². The largest absolute Gasteiger partial charge is 0.416 e. The summed E-state index contributed by atoms with van der Waals surface area (Å²) >= 11 is 0. The van der Waals surface area contributed by atoms with Crippen LogP contribution < -0.4 is 10.6 Å². The van der Waals surface area contributed by atoms with Crippen molar-refractivity contribution in [1.29, 1.82) is 0 Å². The summed E-state index contributed by atoms with van der Waals surface area (Å²) in [4.78, 5) is 11.8. The fourth-order valence-corrected chi connectivity index (χ4v) is 4.85. The summed E-state index contributed by atoms with van der Waals surface area (Å²) < 4.78 is 85.6. The highest BCUT2D eigenvalue weighted by Gasteiger charge is 2.47. The number of carbonyl (C=O) groups is 1. The SMILES string of the molecule is CC(OCC1(c2ccccc2)CCC2(CCC(=O)N2)CN1)c1cc(C(F)(F)F)cc(C(F)(F)F)c1. The molecular formula is C25H26F6N2O2. The molecule has 2 aliphatic rings. The number of hydrogen-bond donors (Lipinski definition) is 2. The third-order valence-corrected chi connectivity index (χ3v) is 7.02. The van der Waals surface area contributed by atoms with Crippen molar-refractivity contribution in [2.75, 3.05) is 13.2 Å². The van der Waals surface area contributed by atoms with Gasteiger partial charge in [0.1, 0.15) is 0 Å². The van der Waals surface area contributed by atoms with Gasteiger partial charge in [-0.3, -0.25) is 4.79 Å². The highest BCUT2D eigenvalue weighted by atomic mass is 19.4. The molecule has 1 amide bonds. The van der Waals surface area contributed by atoms with Crippen molar-refractivity contribution in [3.63, 3.8) is 0 Å². The number of benzene rings is 2. The van der Waals surface area contributed by atoms with Crippen molar-refractivity contribution in [3.8, 4) is 0 Å². The van der Waals surface area contributed by atoms with Crippen molar-refractivity contribution >= 4 is 5.91 Å². The van der Waals surface area contributed by atoms with E-state index in [1.807, 2.05) is 30.3 Å². The van der Waals surface area contributed by atoms with Crippen LogP contribution in [0.5, 0.6) is 0 Å². The summed E-state index contributed by atoms with van der Waals surface area (Å²) in [6.07, 6.45) is -8.49. The van der Waals surface area contributed by atoms with Crippen LogP contribution in [0.1, 0.15) is 61.0 Å². The van der Waals surface area contributed by atoms with Gasteiger partial charge in [-0.05, 0) is 55.5 Å². The minimum absolute atomic E-state index is 0.00565. The minimum atomic E-state index is -4.92. The first-order valence-electron chi connectivity index (χ1n) is 11.3. The van der Waals surface area contributed by atoms with Crippen LogP contribution in [-0.2, 0) is 27.4 Å². The van der Waals surface area contributed by atoms with Crippen LogP contribution in [0.3, 0.4) is 0 Å². The zero-order valence-electron chi connectivity index (χ0n) is 19.0. The maximum atomic E-state index is 13.3. The Morgan fingerprint density at radius 2 is 1.57 bits per heavy atom. The number of rotatable bonds is 5. The molecule has 2 aromatic carbocycles. The van der Waals surface area contributed by atoms with Gasteiger partial charge in [0.15, 0.2) is 0 Å². The van der Waals surface area contributed by atoms with E-state index in [1.54, 1.807) is 0 Å². The molecule has 2 aliphatic heterocycles. The Balaban J connectivity index is 1.58. The summed E-state index contributed by atoms with van der Waals surface area (Å²) in [6, 6.07) is 10.9. The molecule has 0 bridgehead atoms. The second-order valence-corrected chi connectivity index (χ2v) is 9.42. The molecule has 2 fully saturated rings. The standard InChI is InChI=1S/C25H26F6N2O2/c1-16(17-11-19(24(26,27)28)13-20(12-17)25(29,30)31)35-15-23(18-5-3-2-4-6-18)10-9-22(14-32-23)8-7-21(34)33-22/h2-6,11-13,16,32H,7-10,14-15H2,1H3,(H,33,34). The summed E-state index contributed by atoms with van der Waals surface area (Å²) in [6.45, 7) is 1.95. The van der Waals surface area contributed by atoms with Gasteiger partial charge < -0.3 is 15.4 Å². The Hall–Kier alpha value is -2.59. The van der Waals surface area contributed by atoms with E-state index in [4.69, 9.17) is 4.74 Å². The quantitative estimate of drug-likeness (QED) is 0.516. The zero-order chi connectivity index (χ0) is 25.5. The fourth-order valence-electron chi connectivity index (χ4n) is 4.85. The molecule has 2 heterocycles. The lowest BCUT2D eigenvalue weighted by Gasteiger charge is -2.46. The minimum Gasteiger partial charge on any atom is -0.372 e. The van der Waals surface area contributed by atoms with E-state index >= 15 is 0 Å². The zero-order valence-corrected chi connectivity index (χ0v) is 19.0. The maximum absolute atomic E-state index is 13.3. The van der Waals surface area contributed by atoms with Crippen molar-refractivity contribution in [2.45, 2.75) is 62.1 Å². The van der Waals surface area contributed by atoms with Crippen LogP contribution >= 0.6 is 0 Å². The highest BCUT2D eigenvalue weighted by molar-refractivity contribution is 5.79. The van der Waals surface area contributed by atoms with Crippen molar-refractivity contribution < 1.29 is 35.9 Å². The van der Waals surface area contributed by atoms with Crippen LogP contribution in [0.4, 0.5) is 26.3 Å². The monoisotopic (exact) mass is 500 g/mol. The van der Waals surface area contributed by atoms with Crippen molar-refractivity contribution in [1.82, 2.24) is 10.6 Å². The van der Waals surface area contributed by atoms with Gasteiger partial charge in [-0.15, -0.1) is 0 Å². The number of nitrogens with one attached hydrogen (secondary N) is 2. The van der Waals surface area contributed by atoms with E-state index in [-0.39, 0.29) is 29.7 Å². The predicted molar refractivity (Wildman–Crippen MR) is 116 cm³/mol. The van der Waals surface area contributed by atoms with Crippen LogP contribution in [0.2, 0.25) is 0 Å². The van der Waals surface area contributed by atoms with E-state index < -0.39 is 35.1 Å². The van der Waals surface area contributed by atoms with E-state index in [0.29, 0.717) is 44.4 Å². The molecule has 2 N–H and O–H groups in total. The molecule has 35 heavy (non-hydrogen) atoms. The van der Waals surface area contributed by atoms with Crippen LogP contribution in [0.25, 0.3) is 0 Å². The Morgan fingerprint density at radius 3 is 2.06 bits per heavy atom. The molecule has 4 rings (SSSR count). The maximum Gasteiger partial charge on any atom is 0.416 e. The van der Waals surface area contributed by atoms with E-state index in [1.165, 1.54) is 6.92 Å². The van der Waals surface area contributed by atoms with Gasteiger partial charge in [0.2, 0.25) is 5.91 Å². The van der Waals surface area contributed by atoms with Gasteiger partial charge in [-0.25, -0.2) is 0 Å². The molecule has 10 heteroatoms. The van der Waals surface area contributed by atoms with Gasteiger partial charge in [0.25, 0.3) is 0 Å². The molecular weight excluding hydrogens is 474 g/mol. The average molecular weight is 500 g/mol. The number of alkyl halides is 6. The Kier molecular flexibility index (Phi) is 6.65. The van der Waals surface area contributed by atoms with Gasteiger partial charge in [-0.1, -0.05) is 30.3 Å². The molecule has 0 radical (unpaired) electrons. The Morgan fingerprint density at radius 1 is 0.943 bits per heavy atom. The molecule has 0 aromatic heterocycles. The topological polar surface area (TPSA) is 50.4 Å². The lowest BCUT2D eigenvalue weighted by molar-refractivity contribution is -0.143. The molecule has 190 valence electrons. The molecule has 4 nitrogen and oxygen atoms in total. The molecule has 2 aromatic rings. The van der Waals surface area contributed by atoms with Crippen LogP contribution in [-0.4, -0.2) is 24.6 Å². The third kappa shape index (κ3) is 5.48. The summed E-state index contributed by atoms with van der Waals surface area (Å²) in [5.41, 5.74) is -3.11. The van der Waals surface area contributed by atoms with E-state index in [2.05, 4.69) is 10.6 Å². The first-order chi connectivity index (χ1) is 16.3. The number of hydrogen-bond acceptors (Lipinski definition) is 3. The lowest BCUT2D eigenvalue weighted by atomic mass is 9.76. The number of ether oxygens (including phenoxy) is 1. The first kappa shape index (κ1) is 25.5. The number of halogens is 6. The third-order valence-electron chi connectivity index (χ3n) is 7.02. The van der Waals surface area contributed by atoms with E-state index in [0.717, 1.165) is 5.56 Å². The smallest absolute Gasteiger partial charge is 0.372 e. The van der Waals surface area contributed by atoms with Gasteiger partial charge in [-0.2, -0.15) is 26.3 Å². The summed E-state index contributed by atoms with van der Waals surface area (Å²) in [5.74, 6) is -0.00565. The predicted octanol–water partition coefficient (Wildman–Crippen LogP) is 5.73. The van der Waals surface area contributed by atoms with Gasteiger partial charge >= 0.3 is 12.4 Å². The number of piperidine rings is 1. The Labute approximate surface area is 199 Å². The van der Waals surface area contributed by atoms with Crippen LogP contribution in [0, 0.1) is 0 Å². The first-order valence-corrected chi connectivity index (χ1v) is 11.3. The van der Waals surface area contributed by atoms with Crippen LogP contribution in [0.15, 0.2) is 48.5 Å². The van der Waals surface area contributed by atoms with Crippen molar-refractivity contribution in [2.24, 2.45) is 0 Å². The lowest BCUT2D eigenvalue weighted by Crippen LogP contribution is -2.61. The van der Waals surface area contributed by atoms with Gasteiger partial charge in [0.05, 0.1) is 34.9 Å². The fraction of sp³-hybridized carbons (Fsp3) is 0.480. The molecule has 1 spiro atoms. The molecule has 2 saturated heterocycles. The number of amides is 1. The number of carbonyl (C=O) groups excluding carboxylic acids is 1. The Bertz CT molecular complexity index is 1030. The second-order valence-electron chi connectivity index (χ2n) is 9.42. The molecule has 3 unspecified atom stereocenters. The summed E-state index contributed by atoms with van der Waals surface area (Å²) in [5, 5.41) is 6.52. The second kappa shape index (κ2) is 9.13. The molecule has 3 atom stereocenters. The highest BCUT2D eigenvalue weighted by Crippen LogP contribution is 2.40. The molecule has 0 aliphatic carbocycles. The van der Waals surface area contributed by atoms with Crippen molar-refractivity contribution in [3.05, 3.63) is 70.8 Å². The van der Waals surface area contributed by atoms with Gasteiger partial charge in [0, 0.05) is 13.0 Å². The average Bonchev–Trinajstić information content (AvgIpc) is 3.18.